The summed E-state index contributed by atoms with van der Waals surface area (Å²) in [7, 11) is 3.68. The summed E-state index contributed by atoms with van der Waals surface area (Å²) in [6.45, 7) is 7.56. The van der Waals surface area contributed by atoms with Crippen LogP contribution in [0.4, 0.5) is 0 Å². The lowest BCUT2D eigenvalue weighted by atomic mass is 10.0. The first-order valence-corrected chi connectivity index (χ1v) is 7.66. The van der Waals surface area contributed by atoms with E-state index in [2.05, 4.69) is 30.7 Å². The summed E-state index contributed by atoms with van der Waals surface area (Å²) in [4.78, 5) is 16.9. The van der Waals surface area contributed by atoms with Crippen molar-refractivity contribution >= 4 is 5.97 Å². The summed E-state index contributed by atoms with van der Waals surface area (Å²) >= 11 is 0. The van der Waals surface area contributed by atoms with Gasteiger partial charge in [0, 0.05) is 19.1 Å². The van der Waals surface area contributed by atoms with Crippen LogP contribution < -0.4 is 0 Å². The molecule has 1 aliphatic heterocycles. The molecule has 0 aromatic carbocycles. The first-order chi connectivity index (χ1) is 9.13. The molecule has 4 nitrogen and oxygen atoms in total. The molecule has 0 saturated carbocycles. The van der Waals surface area contributed by atoms with Crippen molar-refractivity contribution in [3.8, 4) is 0 Å². The minimum absolute atomic E-state index is 0.0543. The molecule has 1 rings (SSSR count). The predicted octanol–water partition coefficient (Wildman–Crippen LogP) is 2.13. The van der Waals surface area contributed by atoms with Crippen molar-refractivity contribution in [2.45, 2.75) is 58.0 Å². The molecule has 1 saturated heterocycles. The van der Waals surface area contributed by atoms with Gasteiger partial charge in [0.15, 0.2) is 0 Å². The number of esters is 1. The Balaban J connectivity index is 2.80. The Kier molecular flexibility index (Phi) is 7.39. The molecule has 112 valence electrons. The maximum absolute atomic E-state index is 12.1. The van der Waals surface area contributed by atoms with Crippen LogP contribution >= 0.6 is 0 Å². The van der Waals surface area contributed by atoms with Crippen molar-refractivity contribution in [3.63, 3.8) is 0 Å². The average molecular weight is 270 g/mol. The van der Waals surface area contributed by atoms with Crippen LogP contribution in [0.5, 0.6) is 0 Å². The minimum Gasteiger partial charge on any atom is -0.468 e. The molecule has 0 aliphatic carbocycles. The Bertz CT molecular complexity index is 271. The Labute approximate surface area is 118 Å². The van der Waals surface area contributed by atoms with Crippen molar-refractivity contribution in [2.24, 2.45) is 0 Å². The number of unbranched alkanes of at least 4 members (excludes halogenated alkanes) is 1. The first kappa shape index (κ1) is 16.4. The lowest BCUT2D eigenvalue weighted by Crippen LogP contribution is -2.49. The van der Waals surface area contributed by atoms with Crippen LogP contribution in [0.25, 0.3) is 0 Å². The molecular formula is C15H30N2O2. The van der Waals surface area contributed by atoms with Crippen LogP contribution in [0, 0.1) is 0 Å². The van der Waals surface area contributed by atoms with Gasteiger partial charge < -0.3 is 9.64 Å². The van der Waals surface area contributed by atoms with Crippen LogP contribution in [0.1, 0.15) is 46.0 Å². The molecule has 0 aromatic rings. The average Bonchev–Trinajstić information content (AvgIpc) is 2.60. The second-order valence-electron chi connectivity index (χ2n) is 5.60. The fourth-order valence-corrected chi connectivity index (χ4v) is 2.99. The van der Waals surface area contributed by atoms with E-state index in [1.165, 1.54) is 7.11 Å². The van der Waals surface area contributed by atoms with Gasteiger partial charge in [0.1, 0.15) is 6.04 Å². The fraction of sp³-hybridized carbons (Fsp3) is 0.933. The van der Waals surface area contributed by atoms with E-state index in [0.717, 1.165) is 51.7 Å². The molecule has 1 heterocycles. The normalized spacial score (nSPS) is 23.9. The van der Waals surface area contributed by atoms with Crippen LogP contribution in [-0.4, -0.2) is 61.6 Å². The lowest BCUT2D eigenvalue weighted by Gasteiger charge is -2.35. The van der Waals surface area contributed by atoms with Crippen LogP contribution in [0.3, 0.4) is 0 Å². The Morgan fingerprint density at radius 1 is 1.37 bits per heavy atom. The zero-order valence-electron chi connectivity index (χ0n) is 13.0. The number of hydrogen-bond donors (Lipinski definition) is 0. The topological polar surface area (TPSA) is 32.8 Å². The van der Waals surface area contributed by atoms with Gasteiger partial charge in [-0.15, -0.1) is 0 Å². The Hall–Kier alpha value is -0.610. The molecule has 2 unspecified atom stereocenters. The van der Waals surface area contributed by atoms with E-state index in [0.29, 0.717) is 6.04 Å². The third-order valence-corrected chi connectivity index (χ3v) is 4.12. The summed E-state index contributed by atoms with van der Waals surface area (Å²) in [5.74, 6) is -0.0588. The summed E-state index contributed by atoms with van der Waals surface area (Å²) in [5, 5.41) is 0. The highest BCUT2D eigenvalue weighted by Crippen LogP contribution is 2.19. The number of hydrogen-bond acceptors (Lipinski definition) is 4. The SMILES string of the molecule is CCCCC(C(=O)OC)N1CCCN(C)CC1CC. The zero-order chi connectivity index (χ0) is 14.3. The van der Waals surface area contributed by atoms with Gasteiger partial charge >= 0.3 is 5.97 Å². The number of rotatable bonds is 6. The number of carbonyl (C=O) groups is 1. The standard InChI is InChI=1S/C15H30N2O2/c1-5-7-9-14(15(18)19-4)17-11-8-10-16(3)12-13(17)6-2/h13-14H,5-12H2,1-4H3. The summed E-state index contributed by atoms with van der Waals surface area (Å²) < 4.78 is 5.03. The molecule has 19 heavy (non-hydrogen) atoms. The molecule has 0 amide bonds. The van der Waals surface area contributed by atoms with E-state index >= 15 is 0 Å². The van der Waals surface area contributed by atoms with Crippen LogP contribution in [0.2, 0.25) is 0 Å². The quantitative estimate of drug-likeness (QED) is 0.692. The van der Waals surface area contributed by atoms with Gasteiger partial charge in [-0.1, -0.05) is 26.7 Å². The summed E-state index contributed by atoms with van der Waals surface area (Å²) in [6.07, 6.45) is 5.35. The third kappa shape index (κ3) is 4.77. The fourth-order valence-electron chi connectivity index (χ4n) is 2.99. The first-order valence-electron chi connectivity index (χ1n) is 7.66. The highest BCUT2D eigenvalue weighted by atomic mass is 16.5. The van der Waals surface area contributed by atoms with Crippen LogP contribution in [-0.2, 0) is 9.53 Å². The van der Waals surface area contributed by atoms with Gasteiger partial charge in [0.05, 0.1) is 7.11 Å². The molecule has 1 aliphatic rings. The molecule has 4 heteroatoms. The molecule has 2 atom stereocenters. The van der Waals surface area contributed by atoms with E-state index < -0.39 is 0 Å². The van der Waals surface area contributed by atoms with Gasteiger partial charge in [-0.25, -0.2) is 0 Å². The van der Waals surface area contributed by atoms with Crippen molar-refractivity contribution in [2.75, 3.05) is 33.8 Å². The highest BCUT2D eigenvalue weighted by Gasteiger charge is 2.32. The second kappa shape index (κ2) is 8.54. The number of likely N-dealkylation sites (N-methyl/N-ethyl adjacent to an activating group) is 1. The van der Waals surface area contributed by atoms with E-state index in [4.69, 9.17) is 4.74 Å². The highest BCUT2D eigenvalue weighted by molar-refractivity contribution is 5.75. The Morgan fingerprint density at radius 3 is 2.68 bits per heavy atom. The number of methoxy groups -OCH3 is 1. The van der Waals surface area contributed by atoms with Crippen molar-refractivity contribution in [3.05, 3.63) is 0 Å². The Morgan fingerprint density at radius 2 is 2.11 bits per heavy atom. The molecule has 0 N–H and O–H groups in total. The minimum atomic E-state index is -0.0588. The molecule has 0 aromatic heterocycles. The van der Waals surface area contributed by atoms with E-state index in [1.54, 1.807) is 0 Å². The zero-order valence-corrected chi connectivity index (χ0v) is 13.0. The molecule has 0 bridgehead atoms. The van der Waals surface area contributed by atoms with Gasteiger partial charge in [-0.2, -0.15) is 0 Å². The van der Waals surface area contributed by atoms with Gasteiger partial charge in [-0.05, 0) is 32.9 Å². The summed E-state index contributed by atoms with van der Waals surface area (Å²) in [5.41, 5.74) is 0. The van der Waals surface area contributed by atoms with Crippen molar-refractivity contribution in [1.29, 1.82) is 0 Å². The second-order valence-corrected chi connectivity index (χ2v) is 5.60. The maximum Gasteiger partial charge on any atom is 0.323 e. The van der Waals surface area contributed by atoms with Gasteiger partial charge in [0.25, 0.3) is 0 Å². The number of carbonyl (C=O) groups excluding carboxylic acids is 1. The van der Waals surface area contributed by atoms with Gasteiger partial charge in [0.2, 0.25) is 0 Å². The van der Waals surface area contributed by atoms with Crippen LogP contribution in [0.15, 0.2) is 0 Å². The number of ether oxygens (including phenoxy) is 1. The lowest BCUT2D eigenvalue weighted by molar-refractivity contribution is -0.148. The van der Waals surface area contributed by atoms with E-state index in [-0.39, 0.29) is 12.0 Å². The van der Waals surface area contributed by atoms with Crippen molar-refractivity contribution in [1.82, 2.24) is 9.80 Å². The molecular weight excluding hydrogens is 240 g/mol. The van der Waals surface area contributed by atoms with Gasteiger partial charge in [-0.3, -0.25) is 9.69 Å². The van der Waals surface area contributed by atoms with E-state index in [1.807, 2.05) is 0 Å². The van der Waals surface area contributed by atoms with Crippen molar-refractivity contribution < 1.29 is 9.53 Å². The molecule has 1 fully saturated rings. The molecule has 0 radical (unpaired) electrons. The smallest absolute Gasteiger partial charge is 0.323 e. The third-order valence-electron chi connectivity index (χ3n) is 4.12. The predicted molar refractivity (Wildman–Crippen MR) is 78.2 cm³/mol. The summed E-state index contributed by atoms with van der Waals surface area (Å²) in [6, 6.07) is 0.412. The van der Waals surface area contributed by atoms with E-state index in [9.17, 15) is 4.79 Å². The maximum atomic E-state index is 12.1. The number of nitrogens with zero attached hydrogens (tertiary/aromatic N) is 2. The monoisotopic (exact) mass is 270 g/mol. The molecule has 0 spiro atoms. The largest absolute Gasteiger partial charge is 0.468 e.